The average molecular weight is 288 g/mol. The zero-order valence-electron chi connectivity index (χ0n) is 11.9. The second kappa shape index (κ2) is 11.7. The van der Waals surface area contributed by atoms with Gasteiger partial charge in [0.15, 0.2) is 0 Å². The van der Waals surface area contributed by atoms with Crippen molar-refractivity contribution in [2.24, 2.45) is 0 Å². The Labute approximate surface area is 134 Å². The molecule has 0 saturated heterocycles. The van der Waals surface area contributed by atoms with Crippen molar-refractivity contribution in [3.8, 4) is 0 Å². The van der Waals surface area contributed by atoms with Crippen LogP contribution in [0.5, 0.6) is 0 Å². The minimum atomic E-state index is -4.22. The van der Waals surface area contributed by atoms with Crippen LogP contribution < -0.4 is 29.6 Å². The zero-order valence-corrected chi connectivity index (χ0v) is 14.7. The molecule has 6 heteroatoms. The van der Waals surface area contributed by atoms with E-state index < -0.39 is 21.5 Å². The van der Waals surface area contributed by atoms with Crippen LogP contribution in [0.1, 0.15) is 65.2 Å². The standard InChI is InChI=1S/C12H26O4S.Na/c1-3-5-6-8-12(17(14,15)16)10-9-11(13)7-4-2;/h11-13H,3-10H2,1-2H3,(H,14,15,16);/q;+1/p-1. The molecule has 0 heterocycles. The van der Waals surface area contributed by atoms with Gasteiger partial charge in [-0.1, -0.05) is 39.5 Å². The topological polar surface area (TPSA) is 77.4 Å². The molecule has 0 radical (unpaired) electrons. The summed E-state index contributed by atoms with van der Waals surface area (Å²) in [6.45, 7) is 4.00. The number of unbranched alkanes of at least 4 members (excludes halogenated alkanes) is 2. The van der Waals surface area contributed by atoms with E-state index in [1.165, 1.54) is 0 Å². The maximum atomic E-state index is 11.1. The first kappa shape index (κ1) is 21.2. The van der Waals surface area contributed by atoms with Crippen molar-refractivity contribution >= 4 is 10.1 Å². The summed E-state index contributed by atoms with van der Waals surface area (Å²) in [7, 11) is -4.22. The van der Waals surface area contributed by atoms with Crippen molar-refractivity contribution < 1.29 is 47.6 Å². The summed E-state index contributed by atoms with van der Waals surface area (Å²) in [5, 5.41) is 8.72. The van der Waals surface area contributed by atoms with Crippen LogP contribution in [0.3, 0.4) is 0 Å². The first-order chi connectivity index (χ1) is 7.91. The van der Waals surface area contributed by atoms with E-state index in [-0.39, 0.29) is 36.0 Å². The van der Waals surface area contributed by atoms with Crippen LogP contribution in [0.15, 0.2) is 0 Å². The van der Waals surface area contributed by atoms with E-state index in [1.807, 2.05) is 13.8 Å². The molecule has 0 aromatic heterocycles. The fourth-order valence-corrected chi connectivity index (χ4v) is 2.79. The number of rotatable bonds is 10. The molecule has 18 heavy (non-hydrogen) atoms. The summed E-state index contributed by atoms with van der Waals surface area (Å²) in [6.07, 6.45) is 4.91. The monoisotopic (exact) mass is 288 g/mol. The van der Waals surface area contributed by atoms with E-state index in [0.717, 1.165) is 25.7 Å². The molecule has 0 aliphatic carbocycles. The molecule has 1 N–H and O–H groups in total. The number of hydrogen-bond acceptors (Lipinski definition) is 4. The van der Waals surface area contributed by atoms with Crippen molar-refractivity contribution in [1.82, 2.24) is 0 Å². The normalized spacial score (nSPS) is 14.9. The van der Waals surface area contributed by atoms with Gasteiger partial charge in [0, 0.05) is 5.25 Å². The van der Waals surface area contributed by atoms with Crippen LogP contribution in [-0.4, -0.2) is 29.4 Å². The Morgan fingerprint density at radius 2 is 1.61 bits per heavy atom. The van der Waals surface area contributed by atoms with E-state index in [9.17, 15) is 18.1 Å². The van der Waals surface area contributed by atoms with Gasteiger partial charge in [-0.15, -0.1) is 0 Å². The van der Waals surface area contributed by atoms with Crippen molar-refractivity contribution in [3.05, 3.63) is 0 Å². The molecule has 2 atom stereocenters. The van der Waals surface area contributed by atoms with E-state index in [1.54, 1.807) is 0 Å². The molecule has 0 aliphatic rings. The van der Waals surface area contributed by atoms with E-state index in [4.69, 9.17) is 0 Å². The van der Waals surface area contributed by atoms with Crippen LogP contribution in [0, 0.1) is 0 Å². The molecule has 0 aliphatic heterocycles. The van der Waals surface area contributed by atoms with Gasteiger partial charge >= 0.3 is 29.6 Å². The Bertz CT molecular complexity index is 280. The Balaban J connectivity index is 0. The Hall–Kier alpha value is 0.870. The van der Waals surface area contributed by atoms with Crippen molar-refractivity contribution in [3.63, 3.8) is 0 Å². The molecule has 0 amide bonds. The van der Waals surface area contributed by atoms with Gasteiger partial charge in [0.1, 0.15) is 0 Å². The molecule has 0 aromatic rings. The van der Waals surface area contributed by atoms with Crippen LogP contribution in [0.2, 0.25) is 0 Å². The van der Waals surface area contributed by atoms with Gasteiger partial charge in [-0.25, -0.2) is 8.42 Å². The second-order valence-electron chi connectivity index (χ2n) is 4.63. The van der Waals surface area contributed by atoms with Gasteiger partial charge in [-0.05, 0) is 25.7 Å². The van der Waals surface area contributed by atoms with Crippen molar-refractivity contribution in [1.29, 1.82) is 0 Å². The zero-order chi connectivity index (χ0) is 13.3. The summed E-state index contributed by atoms with van der Waals surface area (Å²) < 4.78 is 33.2. The molecule has 4 nitrogen and oxygen atoms in total. The number of aliphatic hydroxyl groups is 1. The van der Waals surface area contributed by atoms with Crippen LogP contribution in [-0.2, 0) is 10.1 Å². The quantitative estimate of drug-likeness (QED) is 0.332. The minimum absolute atomic E-state index is 0. The van der Waals surface area contributed by atoms with Crippen molar-refractivity contribution in [2.45, 2.75) is 76.6 Å². The van der Waals surface area contributed by atoms with Crippen LogP contribution >= 0.6 is 0 Å². The molecule has 0 bridgehead atoms. The Morgan fingerprint density at radius 1 is 1.00 bits per heavy atom. The molecule has 0 saturated carbocycles. The summed E-state index contributed by atoms with van der Waals surface area (Å²) in [5.41, 5.74) is 0. The second-order valence-corrected chi connectivity index (χ2v) is 6.28. The molecule has 2 unspecified atom stereocenters. The molecular weight excluding hydrogens is 263 g/mol. The first-order valence-electron chi connectivity index (χ1n) is 6.54. The summed E-state index contributed by atoms with van der Waals surface area (Å²) in [6, 6.07) is 0. The minimum Gasteiger partial charge on any atom is -0.748 e. The molecule has 0 rings (SSSR count). The SMILES string of the molecule is CCCCCC(CCC(O)CCC)S(=O)(=O)[O-].[Na+]. The van der Waals surface area contributed by atoms with Gasteiger partial charge in [0.25, 0.3) is 0 Å². The maximum absolute atomic E-state index is 11.1. The predicted molar refractivity (Wildman–Crippen MR) is 67.8 cm³/mol. The van der Waals surface area contributed by atoms with Gasteiger partial charge in [0.2, 0.25) is 0 Å². The number of hydrogen-bond donors (Lipinski definition) is 1. The van der Waals surface area contributed by atoms with Gasteiger partial charge < -0.3 is 9.66 Å². The smallest absolute Gasteiger partial charge is 0.748 e. The van der Waals surface area contributed by atoms with E-state index in [2.05, 4.69) is 0 Å². The fourth-order valence-electron chi connectivity index (χ4n) is 1.91. The van der Waals surface area contributed by atoms with E-state index in [0.29, 0.717) is 19.3 Å². The molecule has 104 valence electrons. The van der Waals surface area contributed by atoms with E-state index >= 15 is 0 Å². The van der Waals surface area contributed by atoms with Gasteiger partial charge in [-0.2, -0.15) is 0 Å². The maximum Gasteiger partial charge on any atom is 1.00 e. The Kier molecular flexibility index (Phi) is 13.7. The summed E-state index contributed by atoms with van der Waals surface area (Å²) in [5.74, 6) is 0. The fraction of sp³-hybridized carbons (Fsp3) is 1.00. The first-order valence-corrected chi connectivity index (χ1v) is 8.01. The predicted octanol–water partition coefficient (Wildman–Crippen LogP) is -0.574. The number of aliphatic hydroxyl groups excluding tert-OH is 1. The summed E-state index contributed by atoms with van der Waals surface area (Å²) >= 11 is 0. The third-order valence-corrected chi connectivity index (χ3v) is 4.27. The molecule has 0 spiro atoms. The third-order valence-electron chi connectivity index (χ3n) is 2.98. The van der Waals surface area contributed by atoms with Crippen LogP contribution in [0.4, 0.5) is 0 Å². The van der Waals surface area contributed by atoms with Crippen LogP contribution in [0.25, 0.3) is 0 Å². The molecular formula is C12H25NaO4S. The Morgan fingerprint density at radius 3 is 2.06 bits per heavy atom. The molecule has 0 fully saturated rings. The summed E-state index contributed by atoms with van der Waals surface area (Å²) in [4.78, 5) is 0. The third kappa shape index (κ3) is 10.8. The molecule has 0 aromatic carbocycles. The van der Waals surface area contributed by atoms with Gasteiger partial charge in [0.05, 0.1) is 16.2 Å². The largest absolute Gasteiger partial charge is 1.00 e. The van der Waals surface area contributed by atoms with Gasteiger partial charge in [-0.3, -0.25) is 0 Å². The average Bonchev–Trinajstić information content (AvgIpc) is 2.21. The van der Waals surface area contributed by atoms with Crippen molar-refractivity contribution in [2.75, 3.05) is 0 Å².